The molecule has 1 saturated carbocycles. The summed E-state index contributed by atoms with van der Waals surface area (Å²) < 4.78 is 11.6. The minimum atomic E-state index is -0.101. The summed E-state index contributed by atoms with van der Waals surface area (Å²) >= 11 is 6.35. The molecule has 1 aliphatic heterocycles. The Morgan fingerprint density at radius 2 is 2.10 bits per heavy atom. The molecular formula is C22H26ClN3O3. The van der Waals surface area contributed by atoms with Gasteiger partial charge in [0.1, 0.15) is 6.61 Å². The van der Waals surface area contributed by atoms with Crippen molar-refractivity contribution in [3.63, 3.8) is 0 Å². The van der Waals surface area contributed by atoms with Gasteiger partial charge < -0.3 is 19.7 Å². The maximum atomic E-state index is 13.0. The second-order valence-corrected chi connectivity index (χ2v) is 7.77. The number of nitrogens with zero attached hydrogens (tertiary/aromatic N) is 2. The Morgan fingerprint density at radius 1 is 1.28 bits per heavy atom. The second kappa shape index (κ2) is 9.01. The predicted molar refractivity (Wildman–Crippen MR) is 113 cm³/mol. The summed E-state index contributed by atoms with van der Waals surface area (Å²) in [7, 11) is 0. The Hall–Kier alpha value is -2.31. The average Bonchev–Trinajstić information content (AvgIpc) is 2.75. The van der Waals surface area contributed by atoms with Crippen LogP contribution in [0.4, 0.5) is 11.5 Å². The number of fused-ring (bicyclic) bond motifs is 1. The maximum absolute atomic E-state index is 13.0. The molecule has 2 aliphatic rings. The Morgan fingerprint density at radius 3 is 2.86 bits per heavy atom. The van der Waals surface area contributed by atoms with Crippen LogP contribution in [-0.2, 0) is 4.74 Å². The molecule has 0 unspecified atom stereocenters. The van der Waals surface area contributed by atoms with E-state index in [-0.39, 0.29) is 11.9 Å². The highest BCUT2D eigenvalue weighted by Gasteiger charge is 2.28. The molecule has 154 valence electrons. The molecule has 0 bridgehead atoms. The van der Waals surface area contributed by atoms with Crippen LogP contribution < -0.4 is 15.0 Å². The number of para-hydroxylation sites is 1. The zero-order valence-electron chi connectivity index (χ0n) is 16.6. The standard InChI is InChI=1S/C22H26ClN3O3/c1-2-28-16-10-8-15(9-11-16)25-22(27)17-5-3-7-19-20(17)29-14-13-26(19)21-18(23)6-4-12-24-21/h3-7,12,15-16H,2,8-11,13-14H2,1H3,(H,25,27)/t15-,16-. The van der Waals surface area contributed by atoms with Crippen molar-refractivity contribution in [1.82, 2.24) is 10.3 Å². The summed E-state index contributed by atoms with van der Waals surface area (Å²) in [6.45, 7) is 3.85. The van der Waals surface area contributed by atoms with E-state index >= 15 is 0 Å². The van der Waals surface area contributed by atoms with Crippen molar-refractivity contribution in [1.29, 1.82) is 0 Å². The monoisotopic (exact) mass is 415 g/mol. The molecule has 2 heterocycles. The molecule has 0 radical (unpaired) electrons. The van der Waals surface area contributed by atoms with Crippen LogP contribution >= 0.6 is 11.6 Å². The molecule has 0 atom stereocenters. The molecule has 29 heavy (non-hydrogen) atoms. The van der Waals surface area contributed by atoms with Crippen molar-refractivity contribution in [2.24, 2.45) is 0 Å². The number of rotatable bonds is 5. The molecule has 1 aliphatic carbocycles. The lowest BCUT2D eigenvalue weighted by Crippen LogP contribution is -2.39. The number of hydrogen-bond acceptors (Lipinski definition) is 5. The maximum Gasteiger partial charge on any atom is 0.255 e. The first-order valence-corrected chi connectivity index (χ1v) is 10.6. The smallest absolute Gasteiger partial charge is 0.255 e. The van der Waals surface area contributed by atoms with Crippen molar-refractivity contribution in [3.8, 4) is 5.75 Å². The quantitative estimate of drug-likeness (QED) is 0.786. The van der Waals surface area contributed by atoms with Crippen molar-refractivity contribution in [2.45, 2.75) is 44.8 Å². The van der Waals surface area contributed by atoms with Crippen molar-refractivity contribution in [3.05, 3.63) is 47.1 Å². The summed E-state index contributed by atoms with van der Waals surface area (Å²) in [6.07, 6.45) is 5.86. The second-order valence-electron chi connectivity index (χ2n) is 7.37. The molecule has 6 nitrogen and oxygen atoms in total. The fraction of sp³-hybridized carbons (Fsp3) is 0.455. The zero-order valence-corrected chi connectivity index (χ0v) is 17.3. The van der Waals surface area contributed by atoms with E-state index in [0.717, 1.165) is 38.0 Å². The first-order valence-electron chi connectivity index (χ1n) is 10.2. The topological polar surface area (TPSA) is 63.7 Å². The van der Waals surface area contributed by atoms with E-state index in [9.17, 15) is 4.79 Å². The molecule has 1 N–H and O–H groups in total. The van der Waals surface area contributed by atoms with Crippen LogP contribution in [0.1, 0.15) is 43.0 Å². The number of benzene rings is 1. The number of carbonyl (C=O) groups excluding carboxylic acids is 1. The van der Waals surface area contributed by atoms with Gasteiger partial charge in [-0.25, -0.2) is 4.98 Å². The van der Waals surface area contributed by atoms with E-state index in [1.807, 2.05) is 36.1 Å². The molecule has 1 fully saturated rings. The number of amides is 1. The lowest BCUT2D eigenvalue weighted by Gasteiger charge is -2.32. The van der Waals surface area contributed by atoms with E-state index in [0.29, 0.717) is 41.4 Å². The van der Waals surface area contributed by atoms with Crippen molar-refractivity contribution < 1.29 is 14.3 Å². The third-order valence-corrected chi connectivity index (χ3v) is 5.79. The first kappa shape index (κ1) is 20.0. The van der Waals surface area contributed by atoms with Gasteiger partial charge in [0.25, 0.3) is 5.91 Å². The predicted octanol–water partition coefficient (Wildman–Crippen LogP) is 4.34. The van der Waals surface area contributed by atoms with Gasteiger partial charge >= 0.3 is 0 Å². The number of nitrogens with one attached hydrogen (secondary N) is 1. The van der Waals surface area contributed by atoms with Crippen molar-refractivity contribution >= 4 is 29.0 Å². The Balaban J connectivity index is 1.52. The molecule has 7 heteroatoms. The fourth-order valence-corrected chi connectivity index (χ4v) is 4.32. The molecule has 1 amide bonds. The lowest BCUT2D eigenvalue weighted by molar-refractivity contribution is 0.0300. The summed E-state index contributed by atoms with van der Waals surface area (Å²) in [5, 5.41) is 3.75. The number of aromatic nitrogens is 1. The van der Waals surface area contributed by atoms with E-state index in [1.165, 1.54) is 0 Å². The summed E-state index contributed by atoms with van der Waals surface area (Å²) in [4.78, 5) is 19.4. The van der Waals surface area contributed by atoms with Gasteiger partial charge in [0.05, 0.1) is 28.9 Å². The molecule has 0 saturated heterocycles. The lowest BCUT2D eigenvalue weighted by atomic mass is 9.92. The third-order valence-electron chi connectivity index (χ3n) is 5.50. The average molecular weight is 416 g/mol. The van der Waals surface area contributed by atoms with Crippen LogP contribution in [0.2, 0.25) is 5.02 Å². The first-order chi connectivity index (χ1) is 14.2. The summed E-state index contributed by atoms with van der Waals surface area (Å²) in [5.74, 6) is 1.15. The van der Waals surface area contributed by atoms with E-state index < -0.39 is 0 Å². The highest BCUT2D eigenvalue weighted by Crippen LogP contribution is 2.40. The fourth-order valence-electron chi connectivity index (χ4n) is 4.10. The number of hydrogen-bond donors (Lipinski definition) is 1. The Kier molecular flexibility index (Phi) is 6.21. The number of pyridine rings is 1. The van der Waals surface area contributed by atoms with Gasteiger partial charge in [-0.15, -0.1) is 0 Å². The van der Waals surface area contributed by atoms with E-state index in [1.54, 1.807) is 12.3 Å². The zero-order chi connectivity index (χ0) is 20.2. The van der Waals surface area contributed by atoms with Gasteiger partial charge in [-0.05, 0) is 56.9 Å². The van der Waals surface area contributed by atoms with Gasteiger partial charge in [0.2, 0.25) is 0 Å². The number of anilines is 2. The molecule has 4 rings (SSSR count). The summed E-state index contributed by atoms with van der Waals surface area (Å²) in [6, 6.07) is 9.40. The van der Waals surface area contributed by atoms with Gasteiger partial charge in [0.15, 0.2) is 11.6 Å². The minimum absolute atomic E-state index is 0.101. The summed E-state index contributed by atoms with van der Waals surface area (Å²) in [5.41, 5.74) is 1.36. The molecular weight excluding hydrogens is 390 g/mol. The van der Waals surface area contributed by atoms with Crippen LogP contribution in [0.5, 0.6) is 5.75 Å². The molecule has 1 aromatic carbocycles. The highest BCUT2D eigenvalue weighted by atomic mass is 35.5. The SMILES string of the molecule is CCO[C@H]1CC[C@H](NC(=O)c2cccc3c2OCCN3c2ncccc2Cl)CC1. The Bertz CT molecular complexity index is 868. The molecule has 2 aromatic rings. The van der Waals surface area contributed by atoms with E-state index in [2.05, 4.69) is 10.3 Å². The van der Waals surface area contributed by atoms with Crippen LogP contribution in [0.15, 0.2) is 36.5 Å². The highest BCUT2D eigenvalue weighted by molar-refractivity contribution is 6.33. The van der Waals surface area contributed by atoms with Crippen LogP contribution in [0.3, 0.4) is 0 Å². The van der Waals surface area contributed by atoms with Gasteiger partial charge in [-0.3, -0.25) is 4.79 Å². The number of ether oxygens (including phenoxy) is 2. The van der Waals surface area contributed by atoms with E-state index in [4.69, 9.17) is 21.1 Å². The third kappa shape index (κ3) is 4.33. The largest absolute Gasteiger partial charge is 0.489 e. The Labute approximate surface area is 176 Å². The van der Waals surface area contributed by atoms with Gasteiger partial charge in [-0.1, -0.05) is 17.7 Å². The van der Waals surface area contributed by atoms with Gasteiger partial charge in [0, 0.05) is 18.8 Å². The van der Waals surface area contributed by atoms with Gasteiger partial charge in [-0.2, -0.15) is 0 Å². The van der Waals surface area contributed by atoms with Crippen LogP contribution in [0, 0.1) is 0 Å². The number of carbonyl (C=O) groups is 1. The molecule has 1 aromatic heterocycles. The normalized spacial score (nSPS) is 21.2. The minimum Gasteiger partial charge on any atom is -0.489 e. The molecule has 0 spiro atoms. The van der Waals surface area contributed by atoms with Crippen LogP contribution in [0.25, 0.3) is 0 Å². The van der Waals surface area contributed by atoms with Crippen molar-refractivity contribution in [2.75, 3.05) is 24.7 Å². The number of halogens is 1. The van der Waals surface area contributed by atoms with Crippen LogP contribution in [-0.4, -0.2) is 42.8 Å².